The van der Waals surface area contributed by atoms with Crippen LogP contribution >= 0.6 is 0 Å². The van der Waals surface area contributed by atoms with Crippen LogP contribution in [-0.4, -0.2) is 107 Å². The molecule has 3 N–H and O–H groups in total. The Morgan fingerprint density at radius 3 is 1.24 bits per heavy atom. The van der Waals surface area contributed by atoms with Gasteiger partial charge in [0, 0.05) is 75.3 Å². The predicted molar refractivity (Wildman–Crippen MR) is 182 cm³/mol. The summed E-state index contributed by atoms with van der Waals surface area (Å²) >= 11 is 0. The van der Waals surface area contributed by atoms with Gasteiger partial charge in [-0.2, -0.15) is 0 Å². The normalized spacial score (nSPS) is 18.9. The van der Waals surface area contributed by atoms with E-state index in [-0.39, 0.29) is 53.1 Å². The summed E-state index contributed by atoms with van der Waals surface area (Å²) in [6.07, 6.45) is 3.65. The molecular weight excluding hydrogens is 665 g/mol. The zero-order valence-electron chi connectivity index (χ0n) is 28.4. The van der Waals surface area contributed by atoms with E-state index < -0.39 is 5.60 Å². The number of carbonyl (C=O) groups excluding carboxylic acids is 4. The maximum Gasteiger partial charge on any atom is 0.253 e. The number of benzene rings is 3. The number of ether oxygens (including phenoxy) is 1. The molecule has 272 valence electrons. The van der Waals surface area contributed by atoms with Gasteiger partial charge in [-0.3, -0.25) is 19.2 Å². The van der Waals surface area contributed by atoms with Crippen LogP contribution in [0.1, 0.15) is 69.6 Å². The van der Waals surface area contributed by atoms with Crippen molar-refractivity contribution in [3.05, 3.63) is 107 Å². The molecule has 4 fully saturated rings. The number of epoxide rings is 1. The zero-order valence-corrected chi connectivity index (χ0v) is 28.4. The molecule has 3 aromatic rings. The molecule has 4 aliphatic heterocycles. The molecule has 4 saturated heterocycles. The molecule has 3 aromatic carbocycles. The lowest BCUT2D eigenvalue weighted by Crippen LogP contribution is -2.50. The number of piperidine rings is 3. The summed E-state index contributed by atoms with van der Waals surface area (Å²) in [6.45, 7) is 4.40. The second-order valence-electron chi connectivity index (χ2n) is 13.3. The van der Waals surface area contributed by atoms with Gasteiger partial charge in [0.25, 0.3) is 17.7 Å². The van der Waals surface area contributed by atoms with Crippen LogP contribution in [0.4, 0.5) is 13.2 Å². The number of nitrogens with two attached hydrogens (primary N) is 1. The van der Waals surface area contributed by atoms with Crippen LogP contribution < -0.4 is 5.73 Å². The van der Waals surface area contributed by atoms with Gasteiger partial charge in [0.05, 0.1) is 17.8 Å². The Kier molecular flexibility index (Phi) is 12.3. The maximum absolute atomic E-state index is 12.8. The fourth-order valence-electron chi connectivity index (χ4n) is 6.12. The average Bonchev–Trinajstić information content (AvgIpc) is 3.91. The van der Waals surface area contributed by atoms with Crippen molar-refractivity contribution in [1.29, 1.82) is 0 Å². The number of hydrogen-bond donors (Lipinski definition) is 2. The second-order valence-corrected chi connectivity index (χ2v) is 13.3. The van der Waals surface area contributed by atoms with Crippen LogP contribution in [0.3, 0.4) is 0 Å². The monoisotopic (exact) mass is 708 g/mol. The number of amides is 3. The zero-order chi connectivity index (χ0) is 36.6. The first-order valence-corrected chi connectivity index (χ1v) is 17.1. The van der Waals surface area contributed by atoms with Crippen LogP contribution in [0, 0.1) is 17.5 Å². The first-order chi connectivity index (χ1) is 24.4. The molecule has 0 radical (unpaired) electrons. The van der Waals surface area contributed by atoms with Gasteiger partial charge in [-0.05, 0) is 98.5 Å². The summed E-state index contributed by atoms with van der Waals surface area (Å²) in [7, 11) is 0. The van der Waals surface area contributed by atoms with Crippen molar-refractivity contribution in [3.63, 3.8) is 0 Å². The highest BCUT2D eigenvalue weighted by atomic mass is 19.1. The quantitative estimate of drug-likeness (QED) is 0.388. The molecule has 51 heavy (non-hydrogen) atoms. The number of carbonyl (C=O) groups is 4. The Morgan fingerprint density at radius 2 is 0.922 bits per heavy atom. The smallest absolute Gasteiger partial charge is 0.253 e. The molecule has 10 nitrogen and oxygen atoms in total. The van der Waals surface area contributed by atoms with Gasteiger partial charge in [0.15, 0.2) is 0 Å². The van der Waals surface area contributed by atoms with Gasteiger partial charge in [0.1, 0.15) is 23.2 Å². The highest BCUT2D eigenvalue weighted by molar-refractivity contribution is 5.96. The minimum Gasteiger partial charge on any atom is -0.388 e. The summed E-state index contributed by atoms with van der Waals surface area (Å²) < 4.78 is 43.6. The molecule has 0 bridgehead atoms. The van der Waals surface area contributed by atoms with Crippen molar-refractivity contribution in [1.82, 2.24) is 14.7 Å². The number of rotatable bonds is 4. The van der Waals surface area contributed by atoms with Crippen molar-refractivity contribution < 1.29 is 42.2 Å². The van der Waals surface area contributed by atoms with E-state index in [1.165, 1.54) is 72.8 Å². The van der Waals surface area contributed by atoms with E-state index in [1.807, 2.05) is 4.90 Å². The summed E-state index contributed by atoms with van der Waals surface area (Å²) in [5.74, 6) is -1.11. The van der Waals surface area contributed by atoms with E-state index in [2.05, 4.69) is 0 Å². The Morgan fingerprint density at radius 1 is 0.608 bits per heavy atom. The SMILES string of the molecule is NCC1(O)CCN(C(=O)c2ccc(F)cc2)CC1.O=C(c1ccc(F)cc1)N1CCC2(CC1)CO2.O=C1CCN(C(=O)c2ccc(F)cc2)CC1. The van der Waals surface area contributed by atoms with Crippen LogP contribution in [0.5, 0.6) is 0 Å². The van der Waals surface area contributed by atoms with Crippen molar-refractivity contribution in [2.24, 2.45) is 5.73 Å². The molecule has 4 aliphatic rings. The van der Waals surface area contributed by atoms with Crippen molar-refractivity contribution >= 4 is 23.5 Å². The number of likely N-dealkylation sites (tertiary alicyclic amines) is 3. The summed E-state index contributed by atoms with van der Waals surface area (Å²) in [4.78, 5) is 52.3. The Balaban J connectivity index is 0.000000149. The van der Waals surface area contributed by atoms with Crippen molar-refractivity contribution in [2.75, 3.05) is 52.4 Å². The third-order valence-electron chi connectivity index (χ3n) is 9.76. The molecule has 0 unspecified atom stereocenters. The fourth-order valence-corrected chi connectivity index (χ4v) is 6.12. The topological polar surface area (TPSA) is 137 Å². The van der Waals surface area contributed by atoms with Gasteiger partial charge < -0.3 is 30.3 Å². The number of aliphatic hydroxyl groups is 1. The van der Waals surface area contributed by atoms with E-state index in [0.29, 0.717) is 68.6 Å². The lowest BCUT2D eigenvalue weighted by molar-refractivity contribution is -0.120. The van der Waals surface area contributed by atoms with Crippen molar-refractivity contribution in [3.8, 4) is 0 Å². The number of hydrogen-bond acceptors (Lipinski definition) is 7. The van der Waals surface area contributed by atoms with Gasteiger partial charge in [-0.15, -0.1) is 0 Å². The van der Waals surface area contributed by atoms with Gasteiger partial charge in [0.2, 0.25) is 0 Å². The molecular formula is C38H43F3N4O6. The first-order valence-electron chi connectivity index (χ1n) is 17.1. The van der Waals surface area contributed by atoms with Gasteiger partial charge >= 0.3 is 0 Å². The minimum atomic E-state index is -0.848. The summed E-state index contributed by atoms with van der Waals surface area (Å²) in [6, 6.07) is 16.7. The standard InChI is InChI=1S/C13H17FN2O2.C13H14FNO2.C12H12FNO2/c14-11-3-1-10(2-4-11)12(17)16-7-5-13(18,9-15)6-8-16;14-11-3-1-10(2-4-11)12(16)15-7-5-13(6-8-15)9-17-13;13-10-3-1-9(2-4-10)12(16)14-7-5-11(15)6-8-14/h1-4,18H,5-9,15H2;1-4H,5-9H2;1-4H,5-8H2. The highest BCUT2D eigenvalue weighted by Crippen LogP contribution is 2.38. The summed E-state index contributed by atoms with van der Waals surface area (Å²) in [5.41, 5.74) is 6.22. The number of ketones is 1. The van der Waals surface area contributed by atoms with Gasteiger partial charge in [-0.1, -0.05) is 0 Å². The van der Waals surface area contributed by atoms with Crippen LogP contribution in [0.15, 0.2) is 72.8 Å². The second kappa shape index (κ2) is 16.6. The number of halogens is 3. The van der Waals surface area contributed by atoms with Gasteiger partial charge in [-0.25, -0.2) is 13.2 Å². The predicted octanol–water partition coefficient (Wildman–Crippen LogP) is 4.21. The molecule has 13 heteroatoms. The molecule has 4 heterocycles. The minimum absolute atomic E-state index is 0.0134. The lowest BCUT2D eigenvalue weighted by Gasteiger charge is -2.37. The molecule has 0 atom stereocenters. The molecule has 0 saturated carbocycles. The Labute approximate surface area is 295 Å². The fraction of sp³-hybridized carbons (Fsp3) is 0.421. The third-order valence-corrected chi connectivity index (χ3v) is 9.76. The van der Waals surface area contributed by atoms with Crippen LogP contribution in [0.25, 0.3) is 0 Å². The summed E-state index contributed by atoms with van der Waals surface area (Å²) in [5, 5.41) is 9.97. The van der Waals surface area contributed by atoms with E-state index >= 15 is 0 Å². The largest absolute Gasteiger partial charge is 0.388 e. The third kappa shape index (κ3) is 10.2. The van der Waals surface area contributed by atoms with Crippen LogP contribution in [0.2, 0.25) is 0 Å². The molecule has 0 aliphatic carbocycles. The van der Waals surface area contributed by atoms with E-state index in [1.54, 1.807) is 9.80 Å². The van der Waals surface area contributed by atoms with Crippen LogP contribution in [-0.2, 0) is 9.53 Å². The Bertz CT molecular complexity index is 1660. The average molecular weight is 709 g/mol. The highest BCUT2D eigenvalue weighted by Gasteiger charge is 2.47. The Hall–Kier alpha value is -4.59. The lowest BCUT2D eigenvalue weighted by atomic mass is 9.91. The molecule has 3 amide bonds. The number of nitrogens with zero attached hydrogens (tertiary/aromatic N) is 3. The molecule has 1 spiro atoms. The maximum atomic E-state index is 12.8. The van der Waals surface area contributed by atoms with Crippen molar-refractivity contribution in [2.45, 2.75) is 49.7 Å². The first kappa shape index (κ1) is 37.7. The number of Topliss-reactive ketones (excluding diaryl/α,β-unsaturated/α-hetero) is 1. The molecule has 7 rings (SSSR count). The van der Waals surface area contributed by atoms with E-state index in [9.17, 15) is 37.5 Å². The van der Waals surface area contributed by atoms with E-state index in [0.717, 1.165) is 32.5 Å². The molecule has 0 aromatic heterocycles. The van der Waals surface area contributed by atoms with E-state index in [4.69, 9.17) is 10.5 Å².